The van der Waals surface area contributed by atoms with Crippen LogP contribution in [0.25, 0.3) is 0 Å². The molecule has 1 aliphatic heterocycles. The number of para-hydroxylation sites is 1. The number of hydrogen-bond acceptors (Lipinski definition) is 3. The number of halogens is 1. The Labute approximate surface area is 181 Å². The summed E-state index contributed by atoms with van der Waals surface area (Å²) in [7, 11) is 0. The third-order valence-electron chi connectivity index (χ3n) is 5.22. The van der Waals surface area contributed by atoms with Crippen LogP contribution >= 0.6 is 11.6 Å². The first-order valence-corrected chi connectivity index (χ1v) is 10.6. The van der Waals surface area contributed by atoms with Crippen molar-refractivity contribution in [3.05, 3.63) is 64.7 Å². The van der Waals surface area contributed by atoms with E-state index in [1.54, 1.807) is 53.4 Å². The molecule has 2 aromatic carbocycles. The van der Waals surface area contributed by atoms with E-state index in [2.05, 4.69) is 10.6 Å². The third kappa shape index (κ3) is 5.19. The summed E-state index contributed by atoms with van der Waals surface area (Å²) >= 11 is 6.14. The van der Waals surface area contributed by atoms with Crippen LogP contribution in [0, 0.1) is 5.92 Å². The lowest BCUT2D eigenvalue weighted by molar-refractivity contribution is -0.121. The van der Waals surface area contributed by atoms with Gasteiger partial charge in [-0.1, -0.05) is 42.8 Å². The number of nitrogens with zero attached hydrogens (tertiary/aromatic N) is 1. The van der Waals surface area contributed by atoms with Crippen LogP contribution in [0.5, 0.6) is 0 Å². The molecule has 1 heterocycles. The minimum atomic E-state index is -0.216. The molecule has 0 atom stereocenters. The molecule has 0 radical (unpaired) electrons. The molecule has 2 N–H and O–H groups in total. The highest BCUT2D eigenvalue weighted by molar-refractivity contribution is 6.33. The second-order valence-electron chi connectivity index (χ2n) is 7.34. The molecule has 0 unspecified atom stereocenters. The molecule has 0 spiro atoms. The Morgan fingerprint density at radius 2 is 1.63 bits per heavy atom. The zero-order valence-corrected chi connectivity index (χ0v) is 17.7. The van der Waals surface area contributed by atoms with Crippen molar-refractivity contribution in [3.8, 4) is 0 Å². The fourth-order valence-electron chi connectivity index (χ4n) is 3.51. The summed E-state index contributed by atoms with van der Waals surface area (Å²) in [6.45, 7) is 3.54. The van der Waals surface area contributed by atoms with E-state index in [0.717, 1.165) is 6.42 Å². The molecule has 1 aliphatic rings. The van der Waals surface area contributed by atoms with Crippen molar-refractivity contribution in [3.63, 3.8) is 0 Å². The summed E-state index contributed by atoms with van der Waals surface area (Å²) in [5.74, 6) is -0.659. The molecule has 158 valence electrons. The van der Waals surface area contributed by atoms with Gasteiger partial charge in [-0.15, -0.1) is 0 Å². The Morgan fingerprint density at radius 3 is 2.30 bits per heavy atom. The first-order valence-electron chi connectivity index (χ1n) is 10.2. The summed E-state index contributed by atoms with van der Waals surface area (Å²) in [4.78, 5) is 39.6. The van der Waals surface area contributed by atoms with Gasteiger partial charge in [0.05, 0.1) is 21.8 Å². The van der Waals surface area contributed by atoms with Crippen LogP contribution in [0.15, 0.2) is 48.5 Å². The first kappa shape index (κ1) is 21.8. The van der Waals surface area contributed by atoms with E-state index >= 15 is 0 Å². The molecule has 3 rings (SSSR count). The van der Waals surface area contributed by atoms with E-state index < -0.39 is 0 Å². The van der Waals surface area contributed by atoms with Crippen LogP contribution in [-0.4, -0.2) is 42.3 Å². The molecule has 3 amide bonds. The lowest BCUT2D eigenvalue weighted by Crippen LogP contribution is -2.41. The van der Waals surface area contributed by atoms with Crippen molar-refractivity contribution < 1.29 is 14.4 Å². The Bertz CT molecular complexity index is 923. The highest BCUT2D eigenvalue weighted by atomic mass is 35.5. The third-order valence-corrected chi connectivity index (χ3v) is 5.55. The van der Waals surface area contributed by atoms with Crippen molar-refractivity contribution in [2.75, 3.05) is 25.0 Å². The quantitative estimate of drug-likeness (QED) is 0.732. The van der Waals surface area contributed by atoms with Crippen LogP contribution in [-0.2, 0) is 4.79 Å². The van der Waals surface area contributed by atoms with E-state index in [-0.39, 0.29) is 23.6 Å². The van der Waals surface area contributed by atoms with E-state index in [1.807, 2.05) is 6.92 Å². The van der Waals surface area contributed by atoms with E-state index in [0.29, 0.717) is 54.3 Å². The Kier molecular flexibility index (Phi) is 7.46. The number of hydrogen-bond donors (Lipinski definition) is 2. The van der Waals surface area contributed by atoms with Crippen LogP contribution < -0.4 is 10.6 Å². The standard InChI is InChI=1S/C23H26ClN3O3/c1-2-13-25-22(29)18-8-4-6-10-20(18)26-21(28)16-11-14-27(15-12-16)23(30)17-7-3-5-9-19(17)24/h3-10,16H,2,11-15H2,1H3,(H,25,29)(H,26,28). The summed E-state index contributed by atoms with van der Waals surface area (Å²) in [6.07, 6.45) is 1.96. The fraction of sp³-hybridized carbons (Fsp3) is 0.348. The predicted molar refractivity (Wildman–Crippen MR) is 118 cm³/mol. The second-order valence-corrected chi connectivity index (χ2v) is 7.74. The van der Waals surface area contributed by atoms with Gasteiger partial charge in [0.1, 0.15) is 0 Å². The maximum absolute atomic E-state index is 12.8. The molecule has 1 saturated heterocycles. The van der Waals surface area contributed by atoms with Gasteiger partial charge in [0.15, 0.2) is 0 Å². The van der Waals surface area contributed by atoms with Gasteiger partial charge < -0.3 is 15.5 Å². The zero-order chi connectivity index (χ0) is 21.5. The molecule has 6 nitrogen and oxygen atoms in total. The van der Waals surface area contributed by atoms with E-state index in [9.17, 15) is 14.4 Å². The maximum atomic E-state index is 12.8. The van der Waals surface area contributed by atoms with E-state index in [1.165, 1.54) is 0 Å². The highest BCUT2D eigenvalue weighted by Gasteiger charge is 2.29. The largest absolute Gasteiger partial charge is 0.352 e. The van der Waals surface area contributed by atoms with Gasteiger partial charge in [0.2, 0.25) is 5.91 Å². The number of benzene rings is 2. The van der Waals surface area contributed by atoms with Gasteiger partial charge in [0, 0.05) is 25.6 Å². The van der Waals surface area contributed by atoms with Crippen molar-refractivity contribution in [2.24, 2.45) is 5.92 Å². The highest BCUT2D eigenvalue weighted by Crippen LogP contribution is 2.24. The van der Waals surface area contributed by atoms with Crippen LogP contribution in [0.4, 0.5) is 5.69 Å². The first-order chi connectivity index (χ1) is 14.5. The number of piperidine rings is 1. The minimum absolute atomic E-state index is 0.114. The Balaban J connectivity index is 1.59. The van der Waals surface area contributed by atoms with Crippen molar-refractivity contribution in [2.45, 2.75) is 26.2 Å². The summed E-state index contributed by atoms with van der Waals surface area (Å²) < 4.78 is 0. The molecule has 0 aromatic heterocycles. The average molecular weight is 428 g/mol. The second kappa shape index (κ2) is 10.3. The normalized spacial score (nSPS) is 14.3. The van der Waals surface area contributed by atoms with Crippen molar-refractivity contribution in [1.29, 1.82) is 0 Å². The van der Waals surface area contributed by atoms with Crippen molar-refractivity contribution >= 4 is 35.0 Å². The predicted octanol–water partition coefficient (Wildman–Crippen LogP) is 3.97. The number of anilines is 1. The lowest BCUT2D eigenvalue weighted by Gasteiger charge is -2.31. The van der Waals surface area contributed by atoms with Gasteiger partial charge >= 0.3 is 0 Å². The lowest BCUT2D eigenvalue weighted by atomic mass is 9.95. The Hall–Kier alpha value is -2.86. The topological polar surface area (TPSA) is 78.5 Å². The molecule has 2 aromatic rings. The van der Waals surface area contributed by atoms with Crippen molar-refractivity contribution in [1.82, 2.24) is 10.2 Å². The van der Waals surface area contributed by atoms with E-state index in [4.69, 9.17) is 11.6 Å². The molecule has 7 heteroatoms. The van der Waals surface area contributed by atoms with Gasteiger partial charge in [-0.3, -0.25) is 14.4 Å². The van der Waals surface area contributed by atoms with Gasteiger partial charge in [-0.05, 0) is 43.5 Å². The van der Waals surface area contributed by atoms with Gasteiger partial charge in [-0.2, -0.15) is 0 Å². The Morgan fingerprint density at radius 1 is 1.00 bits per heavy atom. The van der Waals surface area contributed by atoms with Crippen LogP contribution in [0.1, 0.15) is 46.9 Å². The minimum Gasteiger partial charge on any atom is -0.352 e. The fourth-order valence-corrected chi connectivity index (χ4v) is 3.72. The summed E-state index contributed by atoms with van der Waals surface area (Å²) in [5.41, 5.74) is 1.44. The molecular weight excluding hydrogens is 402 g/mol. The van der Waals surface area contributed by atoms with Crippen LogP contribution in [0.3, 0.4) is 0 Å². The maximum Gasteiger partial charge on any atom is 0.255 e. The number of carbonyl (C=O) groups excluding carboxylic acids is 3. The number of amides is 3. The molecule has 0 bridgehead atoms. The van der Waals surface area contributed by atoms with Gasteiger partial charge in [0.25, 0.3) is 11.8 Å². The van der Waals surface area contributed by atoms with Crippen LogP contribution in [0.2, 0.25) is 5.02 Å². The molecule has 0 saturated carbocycles. The summed E-state index contributed by atoms with van der Waals surface area (Å²) in [6, 6.07) is 14.0. The zero-order valence-electron chi connectivity index (χ0n) is 17.0. The molecular formula is C23H26ClN3O3. The number of rotatable bonds is 6. The molecule has 0 aliphatic carbocycles. The SMILES string of the molecule is CCCNC(=O)c1ccccc1NC(=O)C1CCN(C(=O)c2ccccc2Cl)CC1. The number of nitrogens with one attached hydrogen (secondary N) is 2. The monoisotopic (exact) mass is 427 g/mol. The number of likely N-dealkylation sites (tertiary alicyclic amines) is 1. The molecule has 1 fully saturated rings. The smallest absolute Gasteiger partial charge is 0.255 e. The average Bonchev–Trinajstić information content (AvgIpc) is 2.77. The number of carbonyl (C=O) groups is 3. The summed E-state index contributed by atoms with van der Waals surface area (Å²) in [5, 5.41) is 6.16. The molecule has 30 heavy (non-hydrogen) atoms. The van der Waals surface area contributed by atoms with Gasteiger partial charge in [-0.25, -0.2) is 0 Å².